The SMILES string of the molecule is CCCCCCCCCCCCC(CCC)(C(=O)O)C(=O)O.[NaH].[NaH]. The normalized spacial score (nSPS) is 10.6. The molecule has 0 heterocycles. The van der Waals surface area contributed by atoms with E-state index in [1.807, 2.05) is 6.92 Å². The summed E-state index contributed by atoms with van der Waals surface area (Å²) in [6.45, 7) is 4.05. The third kappa shape index (κ3) is 12.3. The Balaban J connectivity index is -0.00000220. The van der Waals surface area contributed by atoms with Crippen molar-refractivity contribution in [3.8, 4) is 0 Å². The van der Waals surface area contributed by atoms with Crippen LogP contribution in [0.2, 0.25) is 0 Å². The number of carboxylic acid groups (broad SMARTS) is 2. The van der Waals surface area contributed by atoms with Gasteiger partial charge in [-0.05, 0) is 12.8 Å². The van der Waals surface area contributed by atoms with Gasteiger partial charge in [-0.25, -0.2) is 0 Å². The number of unbranched alkanes of at least 4 members (excludes halogenated alkanes) is 9. The summed E-state index contributed by atoms with van der Waals surface area (Å²) < 4.78 is 0. The van der Waals surface area contributed by atoms with Crippen molar-refractivity contribution < 1.29 is 19.8 Å². The molecule has 0 saturated heterocycles. The number of carbonyl (C=O) groups is 2. The monoisotopic (exact) mass is 362 g/mol. The van der Waals surface area contributed by atoms with Crippen LogP contribution in [0.25, 0.3) is 0 Å². The summed E-state index contributed by atoms with van der Waals surface area (Å²) in [5.41, 5.74) is -1.57. The summed E-state index contributed by atoms with van der Waals surface area (Å²) >= 11 is 0. The van der Waals surface area contributed by atoms with Gasteiger partial charge < -0.3 is 10.2 Å². The molecule has 0 aromatic carbocycles. The van der Waals surface area contributed by atoms with Crippen molar-refractivity contribution in [1.82, 2.24) is 0 Å². The van der Waals surface area contributed by atoms with Crippen LogP contribution >= 0.6 is 0 Å². The van der Waals surface area contributed by atoms with E-state index in [2.05, 4.69) is 6.92 Å². The van der Waals surface area contributed by atoms with Crippen LogP contribution in [-0.4, -0.2) is 81.3 Å². The fourth-order valence-electron chi connectivity index (χ4n) is 2.99. The third-order valence-electron chi connectivity index (χ3n) is 4.45. The number of hydrogen-bond acceptors (Lipinski definition) is 2. The van der Waals surface area contributed by atoms with Crippen molar-refractivity contribution in [3.05, 3.63) is 0 Å². The molecule has 0 spiro atoms. The van der Waals surface area contributed by atoms with Gasteiger partial charge in [-0.15, -0.1) is 0 Å². The number of carboxylic acids is 2. The summed E-state index contributed by atoms with van der Waals surface area (Å²) in [5.74, 6) is -2.37. The second kappa shape index (κ2) is 18.7. The predicted octanol–water partition coefficient (Wildman–Crippen LogP) is 3.96. The second-order valence-corrected chi connectivity index (χ2v) is 6.37. The van der Waals surface area contributed by atoms with E-state index in [0.29, 0.717) is 12.8 Å². The number of rotatable bonds is 15. The van der Waals surface area contributed by atoms with E-state index in [0.717, 1.165) is 12.8 Å². The van der Waals surface area contributed by atoms with Crippen LogP contribution in [0.5, 0.6) is 0 Å². The molecule has 134 valence electrons. The third-order valence-corrected chi connectivity index (χ3v) is 4.45. The zero-order valence-electron chi connectivity index (χ0n) is 14.4. The molecule has 0 amide bonds. The van der Waals surface area contributed by atoms with Gasteiger partial charge >= 0.3 is 71.1 Å². The van der Waals surface area contributed by atoms with Crippen LogP contribution in [-0.2, 0) is 9.59 Å². The first-order chi connectivity index (χ1) is 10.5. The Morgan fingerprint density at radius 3 is 1.33 bits per heavy atom. The molecule has 0 rings (SSSR count). The first-order valence-corrected chi connectivity index (χ1v) is 8.98. The van der Waals surface area contributed by atoms with Crippen LogP contribution in [0.1, 0.15) is 97.3 Å². The van der Waals surface area contributed by atoms with E-state index in [1.165, 1.54) is 44.9 Å². The zero-order chi connectivity index (χ0) is 16.8. The van der Waals surface area contributed by atoms with Gasteiger partial charge in [0.1, 0.15) is 0 Å². The fraction of sp³-hybridized carbons (Fsp3) is 0.889. The van der Waals surface area contributed by atoms with Crippen LogP contribution in [0.4, 0.5) is 0 Å². The quantitative estimate of drug-likeness (QED) is 0.263. The van der Waals surface area contributed by atoms with E-state index in [-0.39, 0.29) is 72.0 Å². The van der Waals surface area contributed by atoms with E-state index in [4.69, 9.17) is 0 Å². The second-order valence-electron chi connectivity index (χ2n) is 6.37. The molecule has 24 heavy (non-hydrogen) atoms. The number of aliphatic carboxylic acids is 2. The molecule has 0 aliphatic rings. The van der Waals surface area contributed by atoms with Crippen LogP contribution < -0.4 is 0 Å². The molecule has 0 bridgehead atoms. The fourth-order valence-corrected chi connectivity index (χ4v) is 2.99. The van der Waals surface area contributed by atoms with Gasteiger partial charge in [0.25, 0.3) is 0 Å². The maximum absolute atomic E-state index is 11.4. The predicted molar refractivity (Wildman–Crippen MR) is 103 cm³/mol. The van der Waals surface area contributed by atoms with Crippen molar-refractivity contribution in [2.45, 2.75) is 97.3 Å². The van der Waals surface area contributed by atoms with Gasteiger partial charge in [-0.1, -0.05) is 84.5 Å². The van der Waals surface area contributed by atoms with E-state index < -0.39 is 17.4 Å². The summed E-state index contributed by atoms with van der Waals surface area (Å²) in [4.78, 5) is 22.7. The van der Waals surface area contributed by atoms with E-state index >= 15 is 0 Å². The van der Waals surface area contributed by atoms with Crippen molar-refractivity contribution >= 4 is 71.1 Å². The molecule has 0 aliphatic carbocycles. The Morgan fingerprint density at radius 1 is 0.625 bits per heavy atom. The van der Waals surface area contributed by atoms with Crippen LogP contribution in [0.15, 0.2) is 0 Å². The average molecular weight is 362 g/mol. The topological polar surface area (TPSA) is 74.6 Å². The summed E-state index contributed by atoms with van der Waals surface area (Å²) in [6, 6.07) is 0. The molecule has 0 saturated carbocycles. The Kier molecular flexibility index (Phi) is 23.2. The molecule has 6 heteroatoms. The van der Waals surface area contributed by atoms with Crippen LogP contribution in [0.3, 0.4) is 0 Å². The van der Waals surface area contributed by atoms with Gasteiger partial charge in [0.2, 0.25) is 0 Å². The van der Waals surface area contributed by atoms with E-state index in [1.54, 1.807) is 0 Å². The van der Waals surface area contributed by atoms with Gasteiger partial charge in [0.15, 0.2) is 5.41 Å². The Morgan fingerprint density at radius 2 is 1.00 bits per heavy atom. The van der Waals surface area contributed by atoms with Crippen LogP contribution in [0, 0.1) is 5.41 Å². The maximum atomic E-state index is 11.4. The van der Waals surface area contributed by atoms with Gasteiger partial charge in [-0.2, -0.15) is 0 Å². The first-order valence-electron chi connectivity index (χ1n) is 8.98. The van der Waals surface area contributed by atoms with Gasteiger partial charge in [-0.3, -0.25) is 9.59 Å². The molecule has 4 nitrogen and oxygen atoms in total. The Labute approximate surface area is 192 Å². The molecule has 0 fully saturated rings. The van der Waals surface area contributed by atoms with Crippen molar-refractivity contribution in [2.75, 3.05) is 0 Å². The van der Waals surface area contributed by atoms with Gasteiger partial charge in [0.05, 0.1) is 0 Å². The molecular weight excluding hydrogens is 326 g/mol. The molecule has 2 N–H and O–H groups in total. The number of hydrogen-bond donors (Lipinski definition) is 2. The van der Waals surface area contributed by atoms with E-state index in [9.17, 15) is 19.8 Å². The Bertz CT molecular complexity index is 308. The molecule has 0 aromatic rings. The molecule has 0 atom stereocenters. The summed E-state index contributed by atoms with van der Waals surface area (Å²) in [6.07, 6.45) is 12.7. The summed E-state index contributed by atoms with van der Waals surface area (Å²) in [5, 5.41) is 18.6. The molecular formula is C18H36Na2O4. The molecule has 0 aliphatic heterocycles. The minimum absolute atomic E-state index is 0. The molecule has 0 unspecified atom stereocenters. The van der Waals surface area contributed by atoms with Gasteiger partial charge in [0, 0.05) is 0 Å². The zero-order valence-corrected chi connectivity index (χ0v) is 14.4. The Hall–Kier alpha value is 0.940. The average Bonchev–Trinajstić information content (AvgIpc) is 2.47. The molecule has 0 aromatic heterocycles. The summed E-state index contributed by atoms with van der Waals surface area (Å²) in [7, 11) is 0. The molecule has 0 radical (unpaired) electrons. The van der Waals surface area contributed by atoms with Crippen molar-refractivity contribution in [3.63, 3.8) is 0 Å². The standard InChI is InChI=1S/C18H34O4.2Na.2H/c1-3-5-6-7-8-9-10-11-12-13-15-18(14-4-2,16(19)20)17(21)22;;;;/h3-15H2,1-2H3,(H,19,20)(H,21,22);;;;. The van der Waals surface area contributed by atoms with Crippen molar-refractivity contribution in [1.29, 1.82) is 0 Å². The minimum atomic E-state index is -1.57. The first kappa shape index (κ1) is 29.7. The van der Waals surface area contributed by atoms with Crippen molar-refractivity contribution in [2.24, 2.45) is 5.41 Å².